The fraction of sp³-hybridized carbons (Fsp3) is 0.417. The number of aromatic nitrogens is 1. The Balaban J connectivity index is 2.14. The highest BCUT2D eigenvalue weighted by Crippen LogP contribution is 2.21. The molecule has 0 aliphatic heterocycles. The Morgan fingerprint density at radius 3 is 2.94 bits per heavy atom. The average molecular weight is 234 g/mol. The number of benzene rings is 1. The van der Waals surface area contributed by atoms with Gasteiger partial charge in [0.05, 0.1) is 0 Å². The van der Waals surface area contributed by atoms with Gasteiger partial charge in [-0.15, -0.1) is 0 Å². The molecule has 0 fully saturated rings. The summed E-state index contributed by atoms with van der Waals surface area (Å²) in [5.74, 6) is 0. The molecular weight excluding hydrogens is 216 g/mol. The van der Waals surface area contributed by atoms with E-state index >= 15 is 0 Å². The van der Waals surface area contributed by atoms with Crippen LogP contribution in [0.15, 0.2) is 22.6 Å². The molecule has 0 radical (unpaired) electrons. The summed E-state index contributed by atoms with van der Waals surface area (Å²) in [6.45, 7) is 3.00. The molecule has 92 valence electrons. The minimum atomic E-state index is 0.274. The number of nitrogens with zero attached hydrogens (tertiary/aromatic N) is 2. The van der Waals surface area contributed by atoms with Crippen LogP contribution in [0.25, 0.3) is 11.1 Å². The Bertz CT molecular complexity index is 506. The van der Waals surface area contributed by atoms with Gasteiger partial charge in [-0.05, 0) is 39.2 Å². The first-order valence-corrected chi connectivity index (χ1v) is 5.62. The number of hydrogen-bond acceptors (Lipinski definition) is 5. The number of fused-ring (bicyclic) bond motifs is 1. The highest BCUT2D eigenvalue weighted by molar-refractivity contribution is 5.78. The van der Waals surface area contributed by atoms with Gasteiger partial charge in [-0.3, -0.25) is 0 Å². The zero-order valence-electron chi connectivity index (χ0n) is 10.4. The van der Waals surface area contributed by atoms with Crippen molar-refractivity contribution in [3.05, 3.63) is 18.2 Å². The highest BCUT2D eigenvalue weighted by Gasteiger charge is 2.09. The van der Waals surface area contributed by atoms with Crippen molar-refractivity contribution in [2.75, 3.05) is 31.7 Å². The number of nitrogen functional groups attached to an aromatic ring is 1. The van der Waals surface area contributed by atoms with Crippen LogP contribution in [0.5, 0.6) is 0 Å². The van der Waals surface area contributed by atoms with Crippen LogP contribution >= 0.6 is 0 Å². The van der Waals surface area contributed by atoms with E-state index in [1.165, 1.54) is 0 Å². The molecule has 3 N–H and O–H groups in total. The highest BCUT2D eigenvalue weighted by atomic mass is 16.4. The number of hydrogen-bond donors (Lipinski definition) is 2. The van der Waals surface area contributed by atoms with Gasteiger partial charge in [-0.1, -0.05) is 0 Å². The van der Waals surface area contributed by atoms with Gasteiger partial charge in [-0.2, -0.15) is 4.98 Å². The molecule has 0 saturated carbocycles. The van der Waals surface area contributed by atoms with Crippen LogP contribution < -0.4 is 11.1 Å². The number of nitrogens with one attached hydrogen (secondary N) is 1. The first kappa shape index (κ1) is 11.7. The molecule has 1 atom stereocenters. The molecule has 0 aliphatic carbocycles. The number of rotatable bonds is 4. The molecule has 0 amide bonds. The van der Waals surface area contributed by atoms with Crippen molar-refractivity contribution in [2.45, 2.75) is 13.0 Å². The van der Waals surface area contributed by atoms with E-state index in [4.69, 9.17) is 10.2 Å². The molecular formula is C12H18N4O. The van der Waals surface area contributed by atoms with Crippen LogP contribution in [0.2, 0.25) is 0 Å². The molecule has 0 bridgehead atoms. The minimum absolute atomic E-state index is 0.274. The number of likely N-dealkylation sites (N-methyl/N-ethyl adjacent to an activating group) is 1. The van der Waals surface area contributed by atoms with Crippen molar-refractivity contribution < 1.29 is 4.42 Å². The summed E-state index contributed by atoms with van der Waals surface area (Å²) in [5, 5.41) is 3.22. The topological polar surface area (TPSA) is 67.3 Å². The maximum absolute atomic E-state index is 5.69. The fourth-order valence-electron chi connectivity index (χ4n) is 1.81. The molecule has 0 aliphatic rings. The Morgan fingerprint density at radius 2 is 2.24 bits per heavy atom. The predicted octanol–water partition coefficient (Wildman–Crippen LogP) is 1.77. The third-order valence-electron chi connectivity index (χ3n) is 2.42. The summed E-state index contributed by atoms with van der Waals surface area (Å²) in [5.41, 5.74) is 7.92. The Hall–Kier alpha value is -1.75. The van der Waals surface area contributed by atoms with Crippen LogP contribution in [-0.4, -0.2) is 36.6 Å². The van der Waals surface area contributed by atoms with Crippen LogP contribution in [0.4, 0.5) is 11.7 Å². The van der Waals surface area contributed by atoms with E-state index in [2.05, 4.69) is 22.1 Å². The van der Waals surface area contributed by atoms with Crippen molar-refractivity contribution in [3.63, 3.8) is 0 Å². The van der Waals surface area contributed by atoms with Gasteiger partial charge in [0.1, 0.15) is 5.52 Å². The summed E-state index contributed by atoms with van der Waals surface area (Å²) in [4.78, 5) is 6.45. The number of nitrogens with two attached hydrogens (primary N) is 1. The summed E-state index contributed by atoms with van der Waals surface area (Å²) >= 11 is 0. The smallest absolute Gasteiger partial charge is 0.295 e. The van der Waals surface area contributed by atoms with E-state index in [1.807, 2.05) is 20.2 Å². The Labute approximate surface area is 101 Å². The summed E-state index contributed by atoms with van der Waals surface area (Å²) in [6.07, 6.45) is 0. The molecule has 0 spiro atoms. The third-order valence-corrected chi connectivity index (χ3v) is 2.42. The second kappa shape index (κ2) is 4.63. The first-order valence-electron chi connectivity index (χ1n) is 5.62. The Kier molecular flexibility index (Phi) is 3.19. The van der Waals surface area contributed by atoms with Gasteiger partial charge >= 0.3 is 0 Å². The van der Waals surface area contributed by atoms with Crippen molar-refractivity contribution in [3.8, 4) is 0 Å². The minimum Gasteiger partial charge on any atom is -0.424 e. The van der Waals surface area contributed by atoms with Gasteiger partial charge < -0.3 is 20.4 Å². The second-order valence-corrected chi connectivity index (χ2v) is 4.55. The maximum atomic E-state index is 5.69. The summed E-state index contributed by atoms with van der Waals surface area (Å²) in [7, 11) is 4.07. The summed E-state index contributed by atoms with van der Waals surface area (Å²) in [6, 6.07) is 6.26. The average Bonchev–Trinajstić information content (AvgIpc) is 2.57. The van der Waals surface area contributed by atoms with Crippen molar-refractivity contribution in [2.24, 2.45) is 0 Å². The molecule has 1 aromatic carbocycles. The largest absolute Gasteiger partial charge is 0.424 e. The van der Waals surface area contributed by atoms with Gasteiger partial charge in [0, 0.05) is 18.3 Å². The van der Waals surface area contributed by atoms with Gasteiger partial charge in [-0.25, -0.2) is 0 Å². The monoisotopic (exact) mass is 234 g/mol. The van der Waals surface area contributed by atoms with Gasteiger partial charge in [0.15, 0.2) is 5.58 Å². The molecule has 2 rings (SSSR count). The van der Waals surface area contributed by atoms with Crippen molar-refractivity contribution >= 4 is 22.8 Å². The van der Waals surface area contributed by atoms with E-state index in [1.54, 1.807) is 12.1 Å². The van der Waals surface area contributed by atoms with Crippen LogP contribution in [-0.2, 0) is 0 Å². The van der Waals surface area contributed by atoms with E-state index in [-0.39, 0.29) is 6.04 Å². The number of oxazole rings is 1. The van der Waals surface area contributed by atoms with Crippen LogP contribution in [0.3, 0.4) is 0 Å². The third kappa shape index (κ3) is 2.88. The quantitative estimate of drug-likeness (QED) is 0.789. The molecule has 1 unspecified atom stereocenters. The van der Waals surface area contributed by atoms with Crippen LogP contribution in [0.1, 0.15) is 6.92 Å². The first-order chi connectivity index (χ1) is 8.04. The molecule has 5 heteroatoms. The van der Waals surface area contributed by atoms with Crippen molar-refractivity contribution in [1.29, 1.82) is 0 Å². The molecule has 1 aromatic heterocycles. The van der Waals surface area contributed by atoms with Crippen LogP contribution in [0, 0.1) is 0 Å². The molecule has 17 heavy (non-hydrogen) atoms. The molecule has 2 aromatic rings. The normalized spacial score (nSPS) is 13.2. The maximum Gasteiger partial charge on any atom is 0.295 e. The molecule has 0 saturated heterocycles. The summed E-state index contributed by atoms with van der Waals surface area (Å²) < 4.78 is 5.58. The second-order valence-electron chi connectivity index (χ2n) is 4.55. The zero-order chi connectivity index (χ0) is 12.4. The lowest BCUT2D eigenvalue weighted by atomic mass is 10.3. The van der Waals surface area contributed by atoms with E-state index in [9.17, 15) is 0 Å². The zero-order valence-corrected chi connectivity index (χ0v) is 10.4. The standard InChI is InChI=1S/C12H18N4O/c1-8(7-16(2)3)14-12-15-10-6-9(13)4-5-11(10)17-12/h4-6,8H,7,13H2,1-3H3,(H,14,15). The van der Waals surface area contributed by atoms with E-state index in [0.29, 0.717) is 11.7 Å². The lowest BCUT2D eigenvalue weighted by Gasteiger charge is -2.16. The predicted molar refractivity (Wildman–Crippen MR) is 70.1 cm³/mol. The number of anilines is 2. The lowest BCUT2D eigenvalue weighted by molar-refractivity contribution is 0.389. The Morgan fingerprint density at radius 1 is 1.47 bits per heavy atom. The van der Waals surface area contributed by atoms with Gasteiger partial charge in [0.25, 0.3) is 6.01 Å². The van der Waals surface area contributed by atoms with E-state index in [0.717, 1.165) is 17.6 Å². The lowest BCUT2D eigenvalue weighted by Crippen LogP contribution is -2.29. The molecule has 1 heterocycles. The van der Waals surface area contributed by atoms with Crippen molar-refractivity contribution in [1.82, 2.24) is 9.88 Å². The molecule has 5 nitrogen and oxygen atoms in total. The SMILES string of the molecule is CC(CN(C)C)Nc1nc2cc(N)ccc2o1. The fourth-order valence-corrected chi connectivity index (χ4v) is 1.81. The van der Waals surface area contributed by atoms with Gasteiger partial charge in [0.2, 0.25) is 0 Å². The van der Waals surface area contributed by atoms with E-state index < -0.39 is 0 Å².